The van der Waals surface area contributed by atoms with Crippen LogP contribution in [0.1, 0.15) is 17.9 Å². The van der Waals surface area contributed by atoms with Crippen LogP contribution in [-0.4, -0.2) is 36.1 Å². The number of rotatable bonds is 2. The first-order chi connectivity index (χ1) is 9.69. The van der Waals surface area contributed by atoms with Crippen LogP contribution in [0, 0.1) is 11.6 Å². The van der Waals surface area contributed by atoms with Gasteiger partial charge in [0.2, 0.25) is 5.91 Å². The molecule has 1 aliphatic heterocycles. The fourth-order valence-corrected chi connectivity index (χ4v) is 2.49. The number of likely N-dealkylation sites (tertiary alicyclic amines) is 1. The summed E-state index contributed by atoms with van der Waals surface area (Å²) in [5.74, 6) is -3.80. The van der Waals surface area contributed by atoms with Gasteiger partial charge in [0.25, 0.3) is 0 Å². The monoisotopic (exact) mass is 308 g/mol. The Kier molecular flexibility index (Phi) is 4.18. The molecule has 1 saturated heterocycles. The van der Waals surface area contributed by atoms with Gasteiger partial charge in [-0.3, -0.25) is 4.79 Å². The van der Waals surface area contributed by atoms with Gasteiger partial charge in [-0.15, -0.1) is 0 Å². The van der Waals surface area contributed by atoms with Gasteiger partial charge in [0.05, 0.1) is 6.04 Å². The smallest absolute Gasteiger partial charge is 0.332 e. The van der Waals surface area contributed by atoms with Crippen molar-refractivity contribution < 1.29 is 26.7 Å². The lowest BCUT2D eigenvalue weighted by atomic mass is 9.87. The number of alkyl halides is 3. The van der Waals surface area contributed by atoms with Crippen LogP contribution < -0.4 is 5.73 Å². The molecule has 116 valence electrons. The van der Waals surface area contributed by atoms with Gasteiger partial charge in [-0.1, -0.05) is 12.1 Å². The Hall–Kier alpha value is -1.70. The molecule has 0 bridgehead atoms. The Morgan fingerprint density at radius 2 is 1.95 bits per heavy atom. The quantitative estimate of drug-likeness (QED) is 0.851. The number of hydrogen-bond acceptors (Lipinski definition) is 2. The lowest BCUT2D eigenvalue weighted by Crippen LogP contribution is -2.53. The Morgan fingerprint density at radius 1 is 1.29 bits per heavy atom. The third kappa shape index (κ3) is 3.49. The number of piperidine rings is 1. The molecule has 21 heavy (non-hydrogen) atoms. The van der Waals surface area contributed by atoms with Crippen LogP contribution in [0.25, 0.3) is 0 Å². The van der Waals surface area contributed by atoms with E-state index in [4.69, 9.17) is 5.73 Å². The number of hydrogen-bond donors (Lipinski definition) is 1. The largest absolute Gasteiger partial charge is 0.406 e. The summed E-state index contributed by atoms with van der Waals surface area (Å²) in [7, 11) is 0. The van der Waals surface area contributed by atoms with Crippen molar-refractivity contribution in [2.45, 2.75) is 24.6 Å². The molecule has 8 heteroatoms. The van der Waals surface area contributed by atoms with Crippen molar-refractivity contribution in [1.82, 2.24) is 4.90 Å². The molecule has 1 aromatic carbocycles. The van der Waals surface area contributed by atoms with Gasteiger partial charge >= 0.3 is 6.18 Å². The molecule has 2 N–H and O–H groups in total. The average Bonchev–Trinajstić information content (AvgIpc) is 2.36. The maximum atomic E-state index is 13.7. The standard InChI is InChI=1S/C13H13F5N2O/c14-9-3-1-2-8(11(9)15)7-4-10(19)12(21)20(5-7)6-13(16,17)18/h1-3,7,10H,4-6,19H2/t7-,10?/m1/s1. The summed E-state index contributed by atoms with van der Waals surface area (Å²) < 4.78 is 64.3. The summed E-state index contributed by atoms with van der Waals surface area (Å²) in [6.45, 7) is -1.79. The van der Waals surface area contributed by atoms with Crippen LogP contribution in [-0.2, 0) is 4.79 Å². The Bertz CT molecular complexity index is 546. The Morgan fingerprint density at radius 3 is 2.57 bits per heavy atom. The molecule has 1 aliphatic rings. The van der Waals surface area contributed by atoms with E-state index in [9.17, 15) is 26.7 Å². The second-order valence-corrected chi connectivity index (χ2v) is 5.02. The van der Waals surface area contributed by atoms with Gasteiger partial charge in [0.1, 0.15) is 6.54 Å². The summed E-state index contributed by atoms with van der Waals surface area (Å²) in [6.07, 6.45) is -4.59. The summed E-state index contributed by atoms with van der Waals surface area (Å²) in [4.78, 5) is 12.2. The molecule has 2 atom stereocenters. The first-order valence-electron chi connectivity index (χ1n) is 6.24. The fraction of sp³-hybridized carbons (Fsp3) is 0.462. The van der Waals surface area contributed by atoms with E-state index in [1.165, 1.54) is 12.1 Å². The molecule has 0 aromatic heterocycles. The molecule has 3 nitrogen and oxygen atoms in total. The predicted octanol–water partition coefficient (Wildman–Crippen LogP) is 2.17. The molecule has 1 aromatic rings. The van der Waals surface area contributed by atoms with Crippen LogP contribution in [0.3, 0.4) is 0 Å². The Labute approximate surface area is 117 Å². The van der Waals surface area contributed by atoms with Crippen molar-refractivity contribution in [2.24, 2.45) is 5.73 Å². The van der Waals surface area contributed by atoms with Crippen molar-refractivity contribution in [3.8, 4) is 0 Å². The lowest BCUT2D eigenvalue weighted by molar-refractivity contribution is -0.165. The third-order valence-electron chi connectivity index (χ3n) is 3.40. The van der Waals surface area contributed by atoms with Crippen LogP contribution >= 0.6 is 0 Å². The van der Waals surface area contributed by atoms with E-state index in [0.29, 0.717) is 4.90 Å². The number of halogens is 5. The minimum atomic E-state index is -4.57. The summed E-state index contributed by atoms with van der Waals surface area (Å²) in [5, 5.41) is 0. The first-order valence-corrected chi connectivity index (χ1v) is 6.24. The van der Waals surface area contributed by atoms with Crippen molar-refractivity contribution in [3.05, 3.63) is 35.4 Å². The molecule has 0 aliphatic carbocycles. The summed E-state index contributed by atoms with van der Waals surface area (Å²) in [6, 6.07) is 2.32. The van der Waals surface area contributed by atoms with E-state index in [-0.39, 0.29) is 18.5 Å². The minimum absolute atomic E-state index is 0.0203. The number of benzene rings is 1. The zero-order valence-electron chi connectivity index (χ0n) is 10.8. The number of nitrogens with zero attached hydrogens (tertiary/aromatic N) is 1. The predicted molar refractivity (Wildman–Crippen MR) is 64.3 cm³/mol. The van der Waals surface area contributed by atoms with E-state index < -0.39 is 42.2 Å². The maximum Gasteiger partial charge on any atom is 0.406 e. The van der Waals surface area contributed by atoms with Gasteiger partial charge in [0, 0.05) is 12.5 Å². The van der Waals surface area contributed by atoms with Crippen LogP contribution in [0.15, 0.2) is 18.2 Å². The molecule has 0 saturated carbocycles. The normalized spacial score (nSPS) is 23.5. The molecular formula is C13H13F5N2O. The van der Waals surface area contributed by atoms with E-state index >= 15 is 0 Å². The van der Waals surface area contributed by atoms with E-state index in [1.807, 2.05) is 0 Å². The first kappa shape index (κ1) is 15.7. The van der Waals surface area contributed by atoms with E-state index in [2.05, 4.69) is 0 Å². The SMILES string of the molecule is NC1C[C@@H](c2cccc(F)c2F)CN(CC(F)(F)F)C1=O. The average molecular weight is 308 g/mol. The van der Waals surface area contributed by atoms with Crippen LogP contribution in [0.5, 0.6) is 0 Å². The van der Waals surface area contributed by atoms with Gasteiger partial charge in [-0.05, 0) is 18.1 Å². The highest BCUT2D eigenvalue weighted by Crippen LogP contribution is 2.31. The maximum absolute atomic E-state index is 13.7. The molecule has 1 fully saturated rings. The van der Waals surface area contributed by atoms with Crippen molar-refractivity contribution in [3.63, 3.8) is 0 Å². The highest BCUT2D eigenvalue weighted by molar-refractivity contribution is 5.82. The Balaban J connectivity index is 2.26. The van der Waals surface area contributed by atoms with Crippen LogP contribution in [0.2, 0.25) is 0 Å². The highest BCUT2D eigenvalue weighted by Gasteiger charge is 2.40. The van der Waals surface area contributed by atoms with E-state index in [0.717, 1.165) is 6.07 Å². The number of carbonyl (C=O) groups is 1. The zero-order chi connectivity index (χ0) is 15.8. The number of carbonyl (C=O) groups excluding carboxylic acids is 1. The van der Waals surface area contributed by atoms with Crippen molar-refractivity contribution >= 4 is 5.91 Å². The molecule has 2 rings (SSSR count). The molecule has 0 radical (unpaired) electrons. The second-order valence-electron chi connectivity index (χ2n) is 5.02. The minimum Gasteiger partial charge on any atom is -0.332 e. The molecule has 1 heterocycles. The topological polar surface area (TPSA) is 46.3 Å². The highest BCUT2D eigenvalue weighted by atomic mass is 19.4. The lowest BCUT2D eigenvalue weighted by Gasteiger charge is -2.36. The molecule has 1 unspecified atom stereocenters. The molecule has 1 amide bonds. The number of nitrogens with two attached hydrogens (primary N) is 1. The van der Waals surface area contributed by atoms with Crippen LogP contribution in [0.4, 0.5) is 22.0 Å². The van der Waals surface area contributed by atoms with Crippen molar-refractivity contribution in [1.29, 1.82) is 0 Å². The summed E-state index contributed by atoms with van der Waals surface area (Å²) >= 11 is 0. The summed E-state index contributed by atoms with van der Waals surface area (Å²) in [5.41, 5.74) is 5.46. The fourth-order valence-electron chi connectivity index (χ4n) is 2.49. The van der Waals surface area contributed by atoms with Gasteiger partial charge < -0.3 is 10.6 Å². The van der Waals surface area contributed by atoms with Gasteiger partial charge in [-0.25, -0.2) is 8.78 Å². The second kappa shape index (κ2) is 5.59. The number of amides is 1. The van der Waals surface area contributed by atoms with Crippen molar-refractivity contribution in [2.75, 3.05) is 13.1 Å². The zero-order valence-corrected chi connectivity index (χ0v) is 10.8. The van der Waals surface area contributed by atoms with Gasteiger partial charge in [-0.2, -0.15) is 13.2 Å². The molecule has 0 spiro atoms. The van der Waals surface area contributed by atoms with Gasteiger partial charge in [0.15, 0.2) is 11.6 Å². The third-order valence-corrected chi connectivity index (χ3v) is 3.40. The molecular weight excluding hydrogens is 295 g/mol. The van der Waals surface area contributed by atoms with E-state index in [1.54, 1.807) is 0 Å².